The van der Waals surface area contributed by atoms with Crippen LogP contribution < -0.4 is 9.80 Å². The lowest BCUT2D eigenvalue weighted by atomic mass is 10.1. The molecule has 4 nitrogen and oxygen atoms in total. The van der Waals surface area contributed by atoms with Gasteiger partial charge in [0.25, 0.3) is 11.8 Å². The van der Waals surface area contributed by atoms with Crippen molar-refractivity contribution in [3.63, 3.8) is 0 Å². The monoisotopic (exact) mass is 394 g/mol. The predicted octanol–water partition coefficient (Wildman–Crippen LogP) is 4.53. The number of carbonyl (C=O) groups is 2. The zero-order valence-corrected chi connectivity index (χ0v) is 16.7. The van der Waals surface area contributed by atoms with Crippen LogP contribution in [-0.2, 0) is 9.59 Å². The molecule has 0 atom stereocenters. The number of nitrogens with zero attached hydrogens (tertiary/aromatic N) is 2. The van der Waals surface area contributed by atoms with Crippen LogP contribution in [0.5, 0.6) is 0 Å². The van der Waals surface area contributed by atoms with Gasteiger partial charge in [-0.2, -0.15) is 0 Å². The van der Waals surface area contributed by atoms with Crippen molar-refractivity contribution in [3.05, 3.63) is 64.6 Å². The van der Waals surface area contributed by atoms with E-state index in [0.717, 1.165) is 28.9 Å². The third-order valence-electron chi connectivity index (χ3n) is 4.66. The third-order valence-corrected chi connectivity index (χ3v) is 6.03. The number of carbonyl (C=O) groups excluding carboxylic acids is 2. The molecule has 0 saturated carbocycles. The molecule has 0 aromatic heterocycles. The van der Waals surface area contributed by atoms with Crippen LogP contribution in [0.4, 0.5) is 11.4 Å². The summed E-state index contributed by atoms with van der Waals surface area (Å²) in [6.07, 6.45) is 0.845. The number of thiocarbonyl (C=S) groups is 1. The number of para-hydroxylation sites is 1. The molecular formula is C21H18N2O2S2. The molecule has 2 heterocycles. The van der Waals surface area contributed by atoms with Crippen LogP contribution in [0.25, 0.3) is 5.57 Å². The highest BCUT2D eigenvalue weighted by Crippen LogP contribution is 2.45. The summed E-state index contributed by atoms with van der Waals surface area (Å²) >= 11 is 6.68. The van der Waals surface area contributed by atoms with Crippen molar-refractivity contribution in [2.45, 2.75) is 20.3 Å². The number of hydrogen-bond donors (Lipinski definition) is 0. The van der Waals surface area contributed by atoms with E-state index in [9.17, 15) is 9.59 Å². The van der Waals surface area contributed by atoms with E-state index in [2.05, 4.69) is 0 Å². The lowest BCUT2D eigenvalue weighted by Crippen LogP contribution is -2.29. The summed E-state index contributed by atoms with van der Waals surface area (Å²) in [6.45, 7) is 4.65. The Bertz CT molecular complexity index is 995. The smallest absolute Gasteiger partial charge is 0.271 e. The Morgan fingerprint density at radius 3 is 2.41 bits per heavy atom. The molecule has 0 N–H and O–H groups in total. The molecule has 2 aliphatic rings. The van der Waals surface area contributed by atoms with E-state index in [4.69, 9.17) is 12.2 Å². The minimum absolute atomic E-state index is 0.123. The van der Waals surface area contributed by atoms with Crippen molar-refractivity contribution in [2.24, 2.45) is 0 Å². The first kappa shape index (κ1) is 17.9. The summed E-state index contributed by atoms with van der Waals surface area (Å²) in [6, 6.07) is 15.3. The minimum Gasteiger partial charge on any atom is -0.308 e. The molecular weight excluding hydrogens is 376 g/mol. The van der Waals surface area contributed by atoms with Crippen LogP contribution in [0, 0.1) is 6.92 Å². The molecule has 2 aromatic carbocycles. The molecule has 4 rings (SSSR count). The summed E-state index contributed by atoms with van der Waals surface area (Å²) in [5, 5.41) is 0. The van der Waals surface area contributed by atoms with Gasteiger partial charge < -0.3 is 4.90 Å². The number of hydrogen-bond acceptors (Lipinski definition) is 4. The Morgan fingerprint density at radius 2 is 1.70 bits per heavy atom. The molecule has 0 bridgehead atoms. The average Bonchev–Trinajstić information content (AvgIpc) is 3.10. The van der Waals surface area contributed by atoms with Gasteiger partial charge in [-0.25, -0.2) is 0 Å². The maximum atomic E-state index is 13.2. The Balaban J connectivity index is 1.82. The lowest BCUT2D eigenvalue weighted by Gasteiger charge is -2.15. The zero-order chi connectivity index (χ0) is 19.1. The first-order chi connectivity index (χ1) is 13.0. The van der Waals surface area contributed by atoms with Gasteiger partial charge in [-0.15, -0.1) is 0 Å². The van der Waals surface area contributed by atoms with Gasteiger partial charge in [-0.3, -0.25) is 14.5 Å². The van der Waals surface area contributed by atoms with Gasteiger partial charge >= 0.3 is 0 Å². The highest BCUT2D eigenvalue weighted by atomic mass is 32.2. The van der Waals surface area contributed by atoms with Gasteiger partial charge in [-0.1, -0.05) is 66.8 Å². The van der Waals surface area contributed by atoms with E-state index in [1.54, 1.807) is 4.90 Å². The Kier molecular flexibility index (Phi) is 4.61. The molecule has 136 valence electrons. The first-order valence-corrected chi connectivity index (χ1v) is 10.0. The molecule has 0 aliphatic carbocycles. The van der Waals surface area contributed by atoms with Gasteiger partial charge in [-0.05, 0) is 31.5 Å². The zero-order valence-electron chi connectivity index (χ0n) is 15.1. The van der Waals surface area contributed by atoms with E-state index < -0.39 is 0 Å². The number of rotatable bonds is 3. The summed E-state index contributed by atoms with van der Waals surface area (Å²) < 4.78 is 0.450. The third kappa shape index (κ3) is 2.89. The molecule has 6 heteroatoms. The van der Waals surface area contributed by atoms with Crippen LogP contribution in [0.1, 0.15) is 24.5 Å². The fourth-order valence-corrected chi connectivity index (χ4v) is 4.75. The summed E-state index contributed by atoms with van der Waals surface area (Å²) in [5.74, 6) is -0.354. The molecule has 2 amide bonds. The van der Waals surface area contributed by atoms with Crippen LogP contribution in [0.15, 0.2) is 53.4 Å². The van der Waals surface area contributed by atoms with Crippen molar-refractivity contribution in [3.8, 4) is 0 Å². The fourth-order valence-electron chi connectivity index (χ4n) is 3.38. The fraction of sp³-hybridized carbons (Fsp3) is 0.190. The highest BCUT2D eigenvalue weighted by Gasteiger charge is 2.42. The number of benzene rings is 2. The number of amides is 2. The second-order valence-corrected chi connectivity index (χ2v) is 8.17. The summed E-state index contributed by atoms with van der Waals surface area (Å²) in [4.78, 5) is 30.0. The van der Waals surface area contributed by atoms with Gasteiger partial charge in [0.15, 0.2) is 4.32 Å². The SMILES string of the molecule is CCCN1C(=O)C(=C2SC(=S)N(c3ccc(C)cc3)C2=O)c2ccccc21. The maximum Gasteiger partial charge on any atom is 0.271 e. The minimum atomic E-state index is -0.231. The van der Waals surface area contributed by atoms with Crippen molar-refractivity contribution in [1.82, 2.24) is 0 Å². The molecule has 2 aromatic rings. The van der Waals surface area contributed by atoms with Gasteiger partial charge in [0, 0.05) is 12.1 Å². The first-order valence-electron chi connectivity index (χ1n) is 8.81. The number of anilines is 2. The molecule has 1 saturated heterocycles. The van der Waals surface area contributed by atoms with E-state index in [1.165, 1.54) is 16.7 Å². The highest BCUT2D eigenvalue weighted by molar-refractivity contribution is 8.27. The lowest BCUT2D eigenvalue weighted by molar-refractivity contribution is -0.115. The van der Waals surface area contributed by atoms with Crippen molar-refractivity contribution in [2.75, 3.05) is 16.3 Å². The quantitative estimate of drug-likeness (QED) is 0.567. The maximum absolute atomic E-state index is 13.2. The predicted molar refractivity (Wildman–Crippen MR) is 115 cm³/mol. The Morgan fingerprint density at radius 1 is 1.00 bits per heavy atom. The molecule has 0 unspecified atom stereocenters. The van der Waals surface area contributed by atoms with E-state index in [1.807, 2.05) is 62.4 Å². The van der Waals surface area contributed by atoms with Crippen LogP contribution in [0.3, 0.4) is 0 Å². The molecule has 27 heavy (non-hydrogen) atoms. The van der Waals surface area contributed by atoms with Crippen LogP contribution >= 0.6 is 24.0 Å². The topological polar surface area (TPSA) is 40.6 Å². The van der Waals surface area contributed by atoms with Crippen molar-refractivity contribution in [1.29, 1.82) is 0 Å². The second-order valence-electron chi connectivity index (χ2n) is 6.52. The summed E-state index contributed by atoms with van der Waals surface area (Å²) in [5.41, 5.74) is 3.96. The van der Waals surface area contributed by atoms with Crippen molar-refractivity contribution < 1.29 is 9.59 Å². The standard InChI is InChI=1S/C21H18N2O2S2/c1-3-12-22-16-7-5-4-6-15(16)17(19(22)24)18-20(25)23(21(26)27-18)14-10-8-13(2)9-11-14/h4-11H,3,12H2,1-2H3. The van der Waals surface area contributed by atoms with Gasteiger partial charge in [0.1, 0.15) is 0 Å². The van der Waals surface area contributed by atoms with E-state index in [-0.39, 0.29) is 11.8 Å². The molecule has 2 aliphatic heterocycles. The molecule has 0 radical (unpaired) electrons. The number of fused-ring (bicyclic) bond motifs is 1. The molecule has 1 fully saturated rings. The average molecular weight is 395 g/mol. The number of aryl methyl sites for hydroxylation is 1. The van der Waals surface area contributed by atoms with Crippen LogP contribution in [0.2, 0.25) is 0 Å². The second kappa shape index (κ2) is 6.94. The van der Waals surface area contributed by atoms with E-state index >= 15 is 0 Å². The molecule has 0 spiro atoms. The van der Waals surface area contributed by atoms with Gasteiger partial charge in [0.2, 0.25) is 0 Å². The largest absolute Gasteiger partial charge is 0.308 e. The van der Waals surface area contributed by atoms with E-state index in [0.29, 0.717) is 21.3 Å². The Hall–Kier alpha value is -2.44. The summed E-state index contributed by atoms with van der Waals surface area (Å²) in [7, 11) is 0. The Labute approximate surface area is 167 Å². The normalized spacial score (nSPS) is 19.3. The van der Waals surface area contributed by atoms with Crippen LogP contribution in [-0.4, -0.2) is 22.7 Å². The number of thioether (sulfide) groups is 1. The van der Waals surface area contributed by atoms with Crippen molar-refractivity contribution >= 4 is 57.1 Å². The van der Waals surface area contributed by atoms with Gasteiger partial charge in [0.05, 0.1) is 21.9 Å².